The molecular formula is C32H52N2O3. The molecule has 4 fully saturated rings. The Hall–Kier alpha value is -1.36. The Labute approximate surface area is 225 Å². The van der Waals surface area contributed by atoms with E-state index < -0.39 is 0 Å². The van der Waals surface area contributed by atoms with Crippen LogP contribution in [0.1, 0.15) is 98.3 Å². The van der Waals surface area contributed by atoms with Crippen LogP contribution in [0.5, 0.6) is 0 Å². The number of aliphatic hydroxyl groups excluding tert-OH is 1. The molecule has 0 radical (unpaired) electrons. The maximum Gasteiger partial charge on any atom is 0.225 e. The van der Waals surface area contributed by atoms with Gasteiger partial charge in [-0.15, -0.1) is 0 Å². The van der Waals surface area contributed by atoms with Gasteiger partial charge in [-0.25, -0.2) is 0 Å². The van der Waals surface area contributed by atoms with E-state index in [4.69, 9.17) is 0 Å². The number of hydrogen-bond acceptors (Lipinski definition) is 3. The quantitative estimate of drug-likeness (QED) is 0.483. The number of fused-ring (bicyclic) bond motifs is 5. The van der Waals surface area contributed by atoms with Crippen LogP contribution in [-0.4, -0.2) is 59.5 Å². The first-order valence-corrected chi connectivity index (χ1v) is 15.4. The van der Waals surface area contributed by atoms with Gasteiger partial charge in [0, 0.05) is 39.5 Å². The minimum Gasteiger partial charge on any atom is -0.393 e. The molecule has 4 aliphatic carbocycles. The van der Waals surface area contributed by atoms with E-state index in [1.807, 2.05) is 16.8 Å². The summed E-state index contributed by atoms with van der Waals surface area (Å²) in [4.78, 5) is 28.6. The lowest BCUT2D eigenvalue weighted by molar-refractivity contribution is -0.139. The molecule has 1 heterocycles. The molecule has 8 atom stereocenters. The molecular weight excluding hydrogens is 460 g/mol. The van der Waals surface area contributed by atoms with Crippen LogP contribution >= 0.6 is 0 Å². The number of hydrogen-bond donors (Lipinski definition) is 1. The highest BCUT2D eigenvalue weighted by molar-refractivity contribution is 5.79. The van der Waals surface area contributed by atoms with Gasteiger partial charge in [0.25, 0.3) is 0 Å². The number of amides is 2. The van der Waals surface area contributed by atoms with Crippen LogP contribution < -0.4 is 0 Å². The highest BCUT2D eigenvalue weighted by Crippen LogP contribution is 2.67. The standard InChI is InChI=1S/C32H52N2O3/c1-21(12-17-33(5)30(37)23-13-18-34(19-14-23)22(2)35)27-8-9-28-26-7-6-24-20-25(36)10-15-31(24,3)29(26)11-16-32(27,28)4/h6,21,23,25-29,36H,7-20H2,1-5H3/t21?,25-,26-,27+,28-,29-,31-,32+/m0/s1. The summed E-state index contributed by atoms with van der Waals surface area (Å²) in [6, 6.07) is 0. The van der Waals surface area contributed by atoms with Gasteiger partial charge >= 0.3 is 0 Å². The number of likely N-dealkylation sites (tertiary alicyclic amines) is 1. The van der Waals surface area contributed by atoms with Crippen molar-refractivity contribution < 1.29 is 14.7 Å². The lowest BCUT2D eigenvalue weighted by Gasteiger charge is -2.58. The predicted molar refractivity (Wildman–Crippen MR) is 148 cm³/mol. The van der Waals surface area contributed by atoms with E-state index in [-0.39, 0.29) is 23.8 Å². The number of carbonyl (C=O) groups excluding carboxylic acids is 2. The molecule has 3 saturated carbocycles. The van der Waals surface area contributed by atoms with Crippen LogP contribution in [-0.2, 0) is 9.59 Å². The summed E-state index contributed by atoms with van der Waals surface area (Å²) in [5.74, 6) is 4.31. The molecule has 5 rings (SSSR count). The van der Waals surface area contributed by atoms with Gasteiger partial charge in [-0.05, 0) is 111 Å². The third-order valence-electron chi connectivity index (χ3n) is 12.4. The van der Waals surface area contributed by atoms with Gasteiger partial charge in [0.15, 0.2) is 0 Å². The first-order chi connectivity index (χ1) is 17.5. The number of nitrogens with zero attached hydrogens (tertiary/aromatic N) is 2. The molecule has 5 nitrogen and oxygen atoms in total. The maximum absolute atomic E-state index is 13.1. The summed E-state index contributed by atoms with van der Waals surface area (Å²) in [5.41, 5.74) is 2.31. The SMILES string of the molecule is CC(=O)N1CCC(C(=O)N(C)CCC(C)[C@H]2CC[C@H]3[C@@H]4CC=C5C[C@@H](O)CC[C@]5(C)[C@H]4CC[C@]23C)CC1. The number of rotatable bonds is 5. The second kappa shape index (κ2) is 10.3. The number of allylic oxidation sites excluding steroid dienone is 1. The van der Waals surface area contributed by atoms with E-state index >= 15 is 0 Å². The van der Waals surface area contributed by atoms with Gasteiger partial charge < -0.3 is 14.9 Å². The first kappa shape index (κ1) is 27.2. The van der Waals surface area contributed by atoms with Crippen LogP contribution in [0.15, 0.2) is 11.6 Å². The average molecular weight is 513 g/mol. The molecule has 1 saturated heterocycles. The van der Waals surface area contributed by atoms with Crippen molar-refractivity contribution in [3.63, 3.8) is 0 Å². The summed E-state index contributed by atoms with van der Waals surface area (Å²) < 4.78 is 0. The molecule has 208 valence electrons. The fraction of sp³-hybridized carbons (Fsp3) is 0.875. The third kappa shape index (κ3) is 4.80. The van der Waals surface area contributed by atoms with Gasteiger partial charge in [-0.2, -0.15) is 0 Å². The molecule has 1 unspecified atom stereocenters. The Morgan fingerprint density at radius 2 is 1.81 bits per heavy atom. The fourth-order valence-electron chi connectivity index (χ4n) is 10.1. The fourth-order valence-corrected chi connectivity index (χ4v) is 10.1. The van der Waals surface area contributed by atoms with Crippen LogP contribution in [0, 0.1) is 46.3 Å². The zero-order valence-corrected chi connectivity index (χ0v) is 24.2. The van der Waals surface area contributed by atoms with E-state index in [9.17, 15) is 14.7 Å². The Bertz CT molecular complexity index is 908. The van der Waals surface area contributed by atoms with Crippen LogP contribution in [0.25, 0.3) is 0 Å². The minimum atomic E-state index is -0.125. The number of aliphatic hydroxyl groups is 1. The molecule has 0 aromatic rings. The van der Waals surface area contributed by atoms with Gasteiger partial charge in [-0.3, -0.25) is 9.59 Å². The monoisotopic (exact) mass is 512 g/mol. The lowest BCUT2D eigenvalue weighted by Crippen LogP contribution is -2.51. The summed E-state index contributed by atoms with van der Waals surface area (Å²) in [5, 5.41) is 10.3. The molecule has 0 aromatic carbocycles. The second-order valence-corrected chi connectivity index (χ2v) is 14.2. The van der Waals surface area contributed by atoms with Gasteiger partial charge in [-0.1, -0.05) is 32.4 Å². The summed E-state index contributed by atoms with van der Waals surface area (Å²) in [7, 11) is 1.99. The minimum absolute atomic E-state index is 0.0751. The normalized spacial score (nSPS) is 40.8. The molecule has 5 aliphatic rings. The molecule has 37 heavy (non-hydrogen) atoms. The van der Waals surface area contributed by atoms with Crippen molar-refractivity contribution >= 4 is 11.8 Å². The Morgan fingerprint density at radius 3 is 2.51 bits per heavy atom. The largest absolute Gasteiger partial charge is 0.393 e. The maximum atomic E-state index is 13.1. The van der Waals surface area contributed by atoms with E-state index in [2.05, 4.69) is 26.8 Å². The van der Waals surface area contributed by atoms with Crippen molar-refractivity contribution in [3.05, 3.63) is 11.6 Å². The molecule has 0 aromatic heterocycles. The lowest BCUT2D eigenvalue weighted by atomic mass is 9.47. The Morgan fingerprint density at radius 1 is 1.08 bits per heavy atom. The van der Waals surface area contributed by atoms with Crippen LogP contribution in [0.3, 0.4) is 0 Å². The summed E-state index contributed by atoms with van der Waals surface area (Å²) in [6.45, 7) is 11.5. The third-order valence-corrected chi connectivity index (χ3v) is 12.4. The highest BCUT2D eigenvalue weighted by atomic mass is 16.3. The molecule has 1 aliphatic heterocycles. The Kier molecular flexibility index (Phi) is 7.59. The van der Waals surface area contributed by atoms with Crippen molar-refractivity contribution in [1.82, 2.24) is 9.80 Å². The van der Waals surface area contributed by atoms with Crippen molar-refractivity contribution in [3.8, 4) is 0 Å². The molecule has 2 amide bonds. The first-order valence-electron chi connectivity index (χ1n) is 15.4. The summed E-state index contributed by atoms with van der Waals surface area (Å²) in [6.07, 6.45) is 14.8. The molecule has 1 N–H and O–H groups in total. The van der Waals surface area contributed by atoms with Crippen molar-refractivity contribution in [2.45, 2.75) is 104 Å². The highest BCUT2D eigenvalue weighted by Gasteiger charge is 2.59. The zero-order chi connectivity index (χ0) is 26.5. The number of piperidine rings is 1. The Balaban J connectivity index is 1.18. The van der Waals surface area contributed by atoms with Gasteiger partial charge in [0.05, 0.1) is 6.10 Å². The van der Waals surface area contributed by atoms with Crippen LogP contribution in [0.2, 0.25) is 0 Å². The van der Waals surface area contributed by atoms with E-state index in [0.29, 0.717) is 16.7 Å². The zero-order valence-electron chi connectivity index (χ0n) is 24.2. The van der Waals surface area contributed by atoms with E-state index in [0.717, 1.165) is 75.4 Å². The molecule has 0 spiro atoms. The predicted octanol–water partition coefficient (Wildman–Crippen LogP) is 5.67. The average Bonchev–Trinajstić information content (AvgIpc) is 3.24. The molecule has 0 bridgehead atoms. The smallest absolute Gasteiger partial charge is 0.225 e. The summed E-state index contributed by atoms with van der Waals surface area (Å²) >= 11 is 0. The van der Waals surface area contributed by atoms with Crippen molar-refractivity contribution in [2.75, 3.05) is 26.7 Å². The van der Waals surface area contributed by atoms with E-state index in [1.54, 1.807) is 12.5 Å². The van der Waals surface area contributed by atoms with Gasteiger partial charge in [0.1, 0.15) is 0 Å². The van der Waals surface area contributed by atoms with E-state index in [1.165, 1.54) is 38.5 Å². The van der Waals surface area contributed by atoms with Crippen LogP contribution in [0.4, 0.5) is 0 Å². The van der Waals surface area contributed by atoms with Crippen molar-refractivity contribution in [2.24, 2.45) is 46.3 Å². The van der Waals surface area contributed by atoms with Gasteiger partial charge in [0.2, 0.25) is 11.8 Å². The number of carbonyl (C=O) groups is 2. The molecule has 5 heteroatoms. The van der Waals surface area contributed by atoms with Crippen molar-refractivity contribution in [1.29, 1.82) is 0 Å². The second-order valence-electron chi connectivity index (χ2n) is 14.2. The topological polar surface area (TPSA) is 60.9 Å².